The molecular formula is C20H28Br2N8. The standard InChI is InChI=1S/C20H28Br2N8/c21-12-5-1-3-7-14-29-20(24-26-28-29)18-11-9-10-17(16-18)19-23-27-30(25-19)15-8-4-2-6-13-22/h9-11,16H,1-8,12-15H2. The van der Waals surface area contributed by atoms with E-state index in [1.165, 1.54) is 38.5 Å². The quantitative estimate of drug-likeness (QED) is 0.214. The third kappa shape index (κ3) is 6.94. The molecule has 0 atom stereocenters. The Hall–Kier alpha value is -1.68. The summed E-state index contributed by atoms with van der Waals surface area (Å²) < 4.78 is 1.88. The van der Waals surface area contributed by atoms with E-state index >= 15 is 0 Å². The van der Waals surface area contributed by atoms with Gasteiger partial charge < -0.3 is 0 Å². The fourth-order valence-corrected chi connectivity index (χ4v) is 4.02. The summed E-state index contributed by atoms with van der Waals surface area (Å²) in [6.45, 7) is 1.61. The van der Waals surface area contributed by atoms with Gasteiger partial charge in [0, 0.05) is 28.3 Å². The molecule has 2 heterocycles. The largest absolute Gasteiger partial charge is 0.225 e. The average Bonchev–Trinajstić information content (AvgIpc) is 3.43. The molecule has 0 spiro atoms. The van der Waals surface area contributed by atoms with E-state index in [1.807, 2.05) is 28.9 Å². The van der Waals surface area contributed by atoms with Gasteiger partial charge in [0.05, 0.1) is 6.54 Å². The number of nitrogens with zero attached hydrogens (tertiary/aromatic N) is 8. The number of unbranched alkanes of at least 4 members (excludes halogenated alkanes) is 6. The Morgan fingerprint density at radius 1 is 0.733 bits per heavy atom. The Morgan fingerprint density at radius 2 is 1.43 bits per heavy atom. The van der Waals surface area contributed by atoms with Crippen molar-refractivity contribution in [3.8, 4) is 22.8 Å². The number of benzene rings is 1. The van der Waals surface area contributed by atoms with Crippen molar-refractivity contribution in [2.45, 2.75) is 64.5 Å². The molecule has 0 unspecified atom stereocenters. The lowest BCUT2D eigenvalue weighted by Crippen LogP contribution is -2.03. The Balaban J connectivity index is 1.61. The van der Waals surface area contributed by atoms with Crippen LogP contribution < -0.4 is 0 Å². The van der Waals surface area contributed by atoms with Crippen LogP contribution in [0.5, 0.6) is 0 Å². The van der Waals surface area contributed by atoms with Gasteiger partial charge >= 0.3 is 0 Å². The van der Waals surface area contributed by atoms with Crippen molar-refractivity contribution in [3.05, 3.63) is 24.3 Å². The number of hydrogen-bond donors (Lipinski definition) is 0. The Kier molecular flexibility index (Phi) is 9.88. The van der Waals surface area contributed by atoms with E-state index in [0.717, 1.165) is 53.5 Å². The van der Waals surface area contributed by atoms with Gasteiger partial charge in [0.15, 0.2) is 5.82 Å². The molecule has 0 bridgehead atoms. The van der Waals surface area contributed by atoms with Gasteiger partial charge in [0.1, 0.15) is 0 Å². The molecule has 0 aliphatic carbocycles. The molecule has 0 fully saturated rings. The molecule has 8 nitrogen and oxygen atoms in total. The van der Waals surface area contributed by atoms with E-state index < -0.39 is 0 Å². The number of aryl methyl sites for hydroxylation is 2. The zero-order chi connectivity index (χ0) is 21.0. The van der Waals surface area contributed by atoms with E-state index in [0.29, 0.717) is 5.82 Å². The first-order chi connectivity index (χ1) is 14.8. The number of rotatable bonds is 14. The van der Waals surface area contributed by atoms with Gasteiger partial charge in [-0.05, 0) is 47.4 Å². The summed E-state index contributed by atoms with van der Waals surface area (Å²) in [6, 6.07) is 8.03. The minimum atomic E-state index is 0.631. The van der Waals surface area contributed by atoms with E-state index in [4.69, 9.17) is 0 Å². The van der Waals surface area contributed by atoms with Crippen LogP contribution in [0.2, 0.25) is 0 Å². The van der Waals surface area contributed by atoms with Crippen LogP contribution in [0.4, 0.5) is 0 Å². The molecule has 0 saturated carbocycles. The number of hydrogen-bond acceptors (Lipinski definition) is 6. The highest BCUT2D eigenvalue weighted by molar-refractivity contribution is 9.09. The zero-order valence-electron chi connectivity index (χ0n) is 17.1. The van der Waals surface area contributed by atoms with E-state index in [2.05, 4.69) is 62.8 Å². The van der Waals surface area contributed by atoms with Crippen molar-refractivity contribution in [3.63, 3.8) is 0 Å². The maximum absolute atomic E-state index is 4.54. The number of tetrazole rings is 2. The third-order valence-electron chi connectivity index (χ3n) is 4.86. The minimum absolute atomic E-state index is 0.631. The lowest BCUT2D eigenvalue weighted by Gasteiger charge is -2.05. The first-order valence-electron chi connectivity index (χ1n) is 10.6. The molecule has 0 aliphatic heterocycles. The summed E-state index contributed by atoms with van der Waals surface area (Å²) in [5, 5.41) is 27.4. The number of alkyl halides is 2. The summed E-state index contributed by atoms with van der Waals surface area (Å²) in [5.74, 6) is 1.41. The normalized spacial score (nSPS) is 11.3. The van der Waals surface area contributed by atoms with Crippen LogP contribution in [0.1, 0.15) is 51.4 Å². The average molecular weight is 540 g/mol. The van der Waals surface area contributed by atoms with E-state index in [1.54, 1.807) is 4.80 Å². The molecule has 0 amide bonds. The SMILES string of the molecule is BrCCCCCCn1nnc(-c2cccc(-c3nnnn3CCCCCCBr)c2)n1. The molecule has 162 valence electrons. The molecular weight excluding hydrogens is 512 g/mol. The van der Waals surface area contributed by atoms with Crippen LogP contribution in [0.15, 0.2) is 24.3 Å². The van der Waals surface area contributed by atoms with Crippen LogP contribution in [0, 0.1) is 0 Å². The zero-order valence-corrected chi connectivity index (χ0v) is 20.3. The Morgan fingerprint density at radius 3 is 2.20 bits per heavy atom. The van der Waals surface area contributed by atoms with Gasteiger partial charge in [-0.3, -0.25) is 0 Å². The van der Waals surface area contributed by atoms with Crippen molar-refractivity contribution < 1.29 is 0 Å². The summed E-state index contributed by atoms with van der Waals surface area (Å²) in [7, 11) is 0. The van der Waals surface area contributed by atoms with Crippen LogP contribution in [0.25, 0.3) is 22.8 Å². The number of halogens is 2. The molecule has 1 aromatic carbocycles. The number of aromatic nitrogens is 8. The smallest absolute Gasteiger partial charge is 0.204 e. The third-order valence-corrected chi connectivity index (χ3v) is 5.98. The summed E-state index contributed by atoms with van der Waals surface area (Å²) in [5.41, 5.74) is 1.88. The van der Waals surface area contributed by atoms with Gasteiger partial charge in [-0.2, -0.15) is 4.80 Å². The fraction of sp³-hybridized carbons (Fsp3) is 0.600. The first-order valence-corrected chi connectivity index (χ1v) is 12.8. The second kappa shape index (κ2) is 12.9. The maximum atomic E-state index is 4.54. The van der Waals surface area contributed by atoms with Crippen LogP contribution in [-0.4, -0.2) is 51.1 Å². The van der Waals surface area contributed by atoms with Crippen LogP contribution >= 0.6 is 31.9 Å². The van der Waals surface area contributed by atoms with Crippen molar-refractivity contribution in [1.29, 1.82) is 0 Å². The molecule has 0 N–H and O–H groups in total. The van der Waals surface area contributed by atoms with Crippen molar-refractivity contribution >= 4 is 31.9 Å². The van der Waals surface area contributed by atoms with Crippen molar-refractivity contribution in [1.82, 2.24) is 40.4 Å². The van der Waals surface area contributed by atoms with Crippen LogP contribution in [-0.2, 0) is 13.1 Å². The fourth-order valence-electron chi connectivity index (χ4n) is 3.22. The summed E-state index contributed by atoms with van der Waals surface area (Å²) in [6.07, 6.45) is 9.33. The van der Waals surface area contributed by atoms with Gasteiger partial charge in [0.2, 0.25) is 5.82 Å². The monoisotopic (exact) mass is 538 g/mol. The topological polar surface area (TPSA) is 87.2 Å². The highest BCUT2D eigenvalue weighted by Crippen LogP contribution is 2.22. The highest BCUT2D eigenvalue weighted by atomic mass is 79.9. The molecule has 0 radical (unpaired) electrons. The lowest BCUT2D eigenvalue weighted by molar-refractivity contribution is 0.481. The molecule has 0 saturated heterocycles. The van der Waals surface area contributed by atoms with Crippen molar-refractivity contribution in [2.75, 3.05) is 10.7 Å². The second-order valence-corrected chi connectivity index (χ2v) is 8.81. The van der Waals surface area contributed by atoms with Crippen molar-refractivity contribution in [2.24, 2.45) is 0 Å². The maximum Gasteiger partial charge on any atom is 0.204 e. The van der Waals surface area contributed by atoms with Gasteiger partial charge in [-0.1, -0.05) is 75.7 Å². The second-order valence-electron chi connectivity index (χ2n) is 7.22. The van der Waals surface area contributed by atoms with Gasteiger partial charge in [0.25, 0.3) is 0 Å². The van der Waals surface area contributed by atoms with E-state index in [-0.39, 0.29) is 0 Å². The van der Waals surface area contributed by atoms with Gasteiger partial charge in [-0.15, -0.1) is 15.3 Å². The Bertz CT molecular complexity index is 879. The molecule has 30 heavy (non-hydrogen) atoms. The summed E-state index contributed by atoms with van der Waals surface area (Å²) in [4.78, 5) is 1.69. The minimum Gasteiger partial charge on any atom is -0.225 e. The molecule has 0 aliphatic rings. The molecule has 10 heteroatoms. The molecule has 3 aromatic rings. The molecule has 3 rings (SSSR count). The van der Waals surface area contributed by atoms with Gasteiger partial charge in [-0.25, -0.2) is 4.68 Å². The van der Waals surface area contributed by atoms with Crippen LogP contribution in [0.3, 0.4) is 0 Å². The highest BCUT2D eigenvalue weighted by Gasteiger charge is 2.12. The molecule has 2 aromatic heterocycles. The van der Waals surface area contributed by atoms with E-state index in [9.17, 15) is 0 Å². The Labute approximate surface area is 194 Å². The predicted octanol–water partition coefficient (Wildman–Crippen LogP) is 4.90. The first kappa shape index (κ1) is 23.0. The summed E-state index contributed by atoms with van der Waals surface area (Å²) >= 11 is 6.94. The lowest BCUT2D eigenvalue weighted by atomic mass is 10.1. The predicted molar refractivity (Wildman–Crippen MR) is 125 cm³/mol.